The van der Waals surface area contributed by atoms with Gasteiger partial charge in [-0.05, 0) is 64.6 Å². The number of halogens is 1. The minimum atomic E-state index is 0. The van der Waals surface area contributed by atoms with E-state index in [4.69, 9.17) is 9.47 Å². The minimum absolute atomic E-state index is 0. The Kier molecular flexibility index (Phi) is 12.8. The Labute approximate surface area is 170 Å². The molecule has 2 heterocycles. The summed E-state index contributed by atoms with van der Waals surface area (Å²) in [4.78, 5) is 6.71. The third-order valence-corrected chi connectivity index (χ3v) is 4.99. The maximum absolute atomic E-state index is 5.67. The van der Waals surface area contributed by atoms with Crippen LogP contribution in [0, 0.1) is 5.92 Å². The van der Waals surface area contributed by atoms with E-state index in [9.17, 15) is 0 Å². The minimum Gasteiger partial charge on any atom is -0.379 e. The topological polar surface area (TPSA) is 58.1 Å². The van der Waals surface area contributed by atoms with Gasteiger partial charge in [0, 0.05) is 33.4 Å². The normalized spacial score (nSPS) is 22.6. The van der Waals surface area contributed by atoms with Crippen molar-refractivity contribution in [3.05, 3.63) is 0 Å². The number of rotatable bonds is 9. The molecule has 0 amide bonds. The highest BCUT2D eigenvalue weighted by Gasteiger charge is 2.16. The van der Waals surface area contributed by atoms with E-state index in [0.29, 0.717) is 6.10 Å². The molecule has 0 aromatic rings. The molecule has 6 nitrogen and oxygen atoms in total. The SMILES string of the molecule is CN=C(NCCCOCC1CCCO1)NCCC1CCN(C)CC1.I. The number of nitrogens with zero attached hydrogens (tertiary/aromatic N) is 2. The summed E-state index contributed by atoms with van der Waals surface area (Å²) in [7, 11) is 4.05. The van der Waals surface area contributed by atoms with Crippen LogP contribution in [0.15, 0.2) is 4.99 Å². The van der Waals surface area contributed by atoms with Crippen molar-refractivity contribution in [1.29, 1.82) is 0 Å². The van der Waals surface area contributed by atoms with Crippen molar-refractivity contribution in [1.82, 2.24) is 15.5 Å². The lowest BCUT2D eigenvalue weighted by Crippen LogP contribution is -2.39. The predicted octanol–water partition coefficient (Wildman–Crippen LogP) is 2.09. The molecule has 0 bridgehead atoms. The largest absolute Gasteiger partial charge is 0.379 e. The number of nitrogens with one attached hydrogen (secondary N) is 2. The first-order valence-electron chi connectivity index (χ1n) is 9.60. The maximum atomic E-state index is 5.67. The van der Waals surface area contributed by atoms with Gasteiger partial charge in [0.1, 0.15) is 0 Å². The van der Waals surface area contributed by atoms with Crippen LogP contribution in [0.2, 0.25) is 0 Å². The van der Waals surface area contributed by atoms with Gasteiger partial charge < -0.3 is 25.0 Å². The summed E-state index contributed by atoms with van der Waals surface area (Å²) in [5.41, 5.74) is 0. The summed E-state index contributed by atoms with van der Waals surface area (Å²) in [5, 5.41) is 6.79. The van der Waals surface area contributed by atoms with E-state index in [2.05, 4.69) is 27.6 Å². The van der Waals surface area contributed by atoms with Gasteiger partial charge in [-0.2, -0.15) is 0 Å². The van der Waals surface area contributed by atoms with Gasteiger partial charge in [0.05, 0.1) is 12.7 Å². The second-order valence-electron chi connectivity index (χ2n) is 7.02. The summed E-state index contributed by atoms with van der Waals surface area (Å²) in [6, 6.07) is 0. The van der Waals surface area contributed by atoms with Crippen molar-refractivity contribution >= 4 is 29.9 Å². The lowest BCUT2D eigenvalue weighted by Gasteiger charge is -2.29. The zero-order valence-corrected chi connectivity index (χ0v) is 18.3. The van der Waals surface area contributed by atoms with Crippen LogP contribution >= 0.6 is 24.0 Å². The Morgan fingerprint density at radius 3 is 2.64 bits per heavy atom. The molecule has 0 spiro atoms. The summed E-state index contributed by atoms with van der Waals surface area (Å²) >= 11 is 0. The van der Waals surface area contributed by atoms with Crippen LogP contribution in [0.1, 0.15) is 38.5 Å². The fraction of sp³-hybridized carbons (Fsp3) is 0.944. The van der Waals surface area contributed by atoms with Crippen LogP contribution in [-0.2, 0) is 9.47 Å². The first-order valence-corrected chi connectivity index (χ1v) is 9.60. The number of likely N-dealkylation sites (tertiary alicyclic amines) is 1. The van der Waals surface area contributed by atoms with Crippen molar-refractivity contribution in [3.63, 3.8) is 0 Å². The quantitative estimate of drug-likeness (QED) is 0.235. The molecular weight excluding hydrogens is 431 g/mol. The fourth-order valence-electron chi connectivity index (χ4n) is 3.34. The highest BCUT2D eigenvalue weighted by molar-refractivity contribution is 14.0. The number of piperidine rings is 1. The van der Waals surface area contributed by atoms with Crippen molar-refractivity contribution in [3.8, 4) is 0 Å². The van der Waals surface area contributed by atoms with Gasteiger partial charge in [0.25, 0.3) is 0 Å². The monoisotopic (exact) mass is 468 g/mol. The molecule has 0 aromatic heterocycles. The molecule has 0 saturated carbocycles. The van der Waals surface area contributed by atoms with E-state index in [-0.39, 0.29) is 24.0 Å². The maximum Gasteiger partial charge on any atom is 0.190 e. The molecule has 148 valence electrons. The molecule has 0 aliphatic carbocycles. The Morgan fingerprint density at radius 1 is 1.20 bits per heavy atom. The molecule has 2 aliphatic rings. The number of guanidine groups is 1. The highest BCUT2D eigenvalue weighted by Crippen LogP contribution is 2.18. The lowest BCUT2D eigenvalue weighted by atomic mass is 9.94. The van der Waals surface area contributed by atoms with Crippen LogP contribution in [0.5, 0.6) is 0 Å². The molecule has 2 rings (SSSR count). The van der Waals surface area contributed by atoms with Crippen molar-refractivity contribution in [2.45, 2.75) is 44.6 Å². The fourth-order valence-corrected chi connectivity index (χ4v) is 3.34. The predicted molar refractivity (Wildman–Crippen MR) is 114 cm³/mol. The third kappa shape index (κ3) is 9.96. The van der Waals surface area contributed by atoms with E-state index >= 15 is 0 Å². The van der Waals surface area contributed by atoms with Gasteiger partial charge in [-0.3, -0.25) is 4.99 Å². The van der Waals surface area contributed by atoms with E-state index in [1.165, 1.54) is 38.8 Å². The van der Waals surface area contributed by atoms with Gasteiger partial charge in [-0.1, -0.05) is 0 Å². The molecule has 0 aromatic carbocycles. The van der Waals surface area contributed by atoms with E-state index in [1.54, 1.807) is 0 Å². The number of aliphatic imine (C=N–C) groups is 1. The molecule has 2 aliphatic heterocycles. The third-order valence-electron chi connectivity index (χ3n) is 4.99. The highest BCUT2D eigenvalue weighted by atomic mass is 127. The lowest BCUT2D eigenvalue weighted by molar-refractivity contribution is 0.0168. The Balaban J connectivity index is 0.00000312. The molecule has 7 heteroatoms. The average molecular weight is 468 g/mol. The molecule has 2 fully saturated rings. The van der Waals surface area contributed by atoms with Crippen molar-refractivity contribution in [2.75, 3.05) is 60.1 Å². The van der Waals surface area contributed by atoms with Crippen LogP contribution in [0.3, 0.4) is 0 Å². The molecule has 2 N–H and O–H groups in total. The summed E-state index contributed by atoms with van der Waals surface area (Å²) < 4.78 is 11.2. The van der Waals surface area contributed by atoms with Gasteiger partial charge in [-0.15, -0.1) is 24.0 Å². The van der Waals surface area contributed by atoms with Crippen LogP contribution in [0.25, 0.3) is 0 Å². The van der Waals surface area contributed by atoms with E-state index < -0.39 is 0 Å². The molecule has 0 radical (unpaired) electrons. The van der Waals surface area contributed by atoms with Crippen LogP contribution in [0.4, 0.5) is 0 Å². The summed E-state index contributed by atoms with van der Waals surface area (Å²) in [6.45, 7) is 6.79. The van der Waals surface area contributed by atoms with Crippen molar-refractivity contribution in [2.24, 2.45) is 10.9 Å². The summed E-state index contributed by atoms with van der Waals surface area (Å²) in [5.74, 6) is 1.76. The number of ether oxygens (including phenoxy) is 2. The van der Waals surface area contributed by atoms with Crippen LogP contribution in [-0.4, -0.2) is 77.1 Å². The Hall–Kier alpha value is -0.120. The molecule has 1 unspecified atom stereocenters. The van der Waals surface area contributed by atoms with E-state index in [1.807, 2.05) is 7.05 Å². The zero-order valence-electron chi connectivity index (χ0n) is 16.0. The van der Waals surface area contributed by atoms with Crippen molar-refractivity contribution < 1.29 is 9.47 Å². The molecule has 1 atom stereocenters. The first kappa shape index (κ1) is 22.9. The second kappa shape index (κ2) is 14.0. The number of hydrogen-bond donors (Lipinski definition) is 2. The van der Waals surface area contributed by atoms with Crippen LogP contribution < -0.4 is 10.6 Å². The summed E-state index contributed by atoms with van der Waals surface area (Å²) in [6.07, 6.45) is 7.52. The van der Waals surface area contributed by atoms with E-state index in [0.717, 1.165) is 57.6 Å². The standard InChI is InChI=1S/C18H36N4O2.HI/c1-19-18(21-10-6-16-7-11-22(2)12-8-16)20-9-4-13-23-15-17-5-3-14-24-17;/h16-17H,3-15H2,1-2H3,(H2,19,20,21);1H. The Morgan fingerprint density at radius 2 is 1.96 bits per heavy atom. The van der Waals surface area contributed by atoms with Gasteiger partial charge in [-0.25, -0.2) is 0 Å². The first-order chi connectivity index (χ1) is 11.8. The van der Waals surface area contributed by atoms with Gasteiger partial charge in [0.15, 0.2) is 5.96 Å². The second-order valence-corrected chi connectivity index (χ2v) is 7.02. The molecule has 2 saturated heterocycles. The van der Waals surface area contributed by atoms with Gasteiger partial charge in [0.2, 0.25) is 0 Å². The Bertz CT molecular complexity index is 357. The molecule has 25 heavy (non-hydrogen) atoms. The average Bonchev–Trinajstić information content (AvgIpc) is 3.11. The smallest absolute Gasteiger partial charge is 0.190 e. The number of hydrogen-bond acceptors (Lipinski definition) is 4. The molecular formula is C18H37IN4O2. The zero-order chi connectivity index (χ0) is 17.0. The van der Waals surface area contributed by atoms with Gasteiger partial charge >= 0.3 is 0 Å².